The highest BCUT2D eigenvalue weighted by Gasteiger charge is 2.14. The molecule has 24 heavy (non-hydrogen) atoms. The summed E-state index contributed by atoms with van der Waals surface area (Å²) in [6.45, 7) is 3.73. The average Bonchev–Trinajstić information content (AvgIpc) is 3.14. The maximum Gasteiger partial charge on any atom is 0.225 e. The smallest absolute Gasteiger partial charge is 0.225 e. The molecule has 3 rings (SSSR count). The summed E-state index contributed by atoms with van der Waals surface area (Å²) in [4.78, 5) is 25.6. The average molecular weight is 426 g/mol. The van der Waals surface area contributed by atoms with Gasteiger partial charge in [0.25, 0.3) is 0 Å². The van der Waals surface area contributed by atoms with Gasteiger partial charge in [-0.3, -0.25) is 4.79 Å². The first-order valence-electron chi connectivity index (χ1n) is 7.07. The summed E-state index contributed by atoms with van der Waals surface area (Å²) in [5, 5.41) is 9.31. The van der Waals surface area contributed by atoms with Crippen molar-refractivity contribution in [1.29, 1.82) is 0 Å². The maximum atomic E-state index is 11.5. The number of thiazole rings is 2. The molecule has 6 nitrogen and oxygen atoms in total. The topological polar surface area (TPSA) is 79.8 Å². The lowest BCUT2D eigenvalue weighted by atomic mass is 10.3. The SMILES string of the molecule is Br.CCC(=O)Nc1nc(C)c(-c2csc(Nc3ccccn3)n2)s1. The van der Waals surface area contributed by atoms with Crippen LogP contribution in [-0.2, 0) is 4.79 Å². The van der Waals surface area contributed by atoms with Crippen LogP contribution in [0.3, 0.4) is 0 Å². The van der Waals surface area contributed by atoms with Crippen LogP contribution in [0.1, 0.15) is 19.0 Å². The molecule has 1 amide bonds. The Balaban J connectivity index is 0.00000208. The molecule has 3 aromatic rings. The summed E-state index contributed by atoms with van der Waals surface area (Å²) < 4.78 is 0. The number of aromatic nitrogens is 3. The quantitative estimate of drug-likeness (QED) is 0.622. The van der Waals surface area contributed by atoms with Gasteiger partial charge in [-0.15, -0.1) is 28.3 Å². The first-order valence-corrected chi connectivity index (χ1v) is 8.76. The number of amides is 1. The Morgan fingerprint density at radius 1 is 1.25 bits per heavy atom. The number of nitrogens with one attached hydrogen (secondary N) is 2. The second kappa shape index (κ2) is 8.32. The van der Waals surface area contributed by atoms with Crippen molar-refractivity contribution in [2.75, 3.05) is 10.6 Å². The lowest BCUT2D eigenvalue weighted by Gasteiger charge is -1.99. The molecule has 0 aliphatic carbocycles. The number of carbonyl (C=O) groups is 1. The van der Waals surface area contributed by atoms with E-state index in [0.29, 0.717) is 11.6 Å². The van der Waals surface area contributed by atoms with Gasteiger partial charge in [-0.1, -0.05) is 24.3 Å². The Bertz CT molecular complexity index is 818. The summed E-state index contributed by atoms with van der Waals surface area (Å²) in [6.07, 6.45) is 2.16. The molecule has 9 heteroatoms. The van der Waals surface area contributed by atoms with E-state index in [1.807, 2.05) is 37.4 Å². The van der Waals surface area contributed by atoms with Gasteiger partial charge in [0.2, 0.25) is 5.91 Å². The van der Waals surface area contributed by atoms with Gasteiger partial charge in [0, 0.05) is 18.0 Å². The molecule has 0 saturated heterocycles. The van der Waals surface area contributed by atoms with Gasteiger partial charge in [0.05, 0.1) is 16.3 Å². The number of nitrogens with zero attached hydrogens (tertiary/aromatic N) is 3. The standard InChI is InChI=1S/C15H15N5OS2.BrH/c1-3-12(21)20-15-17-9(2)13(23-15)10-8-22-14(18-10)19-11-6-4-5-7-16-11;/h4-8H,3H2,1-2H3,(H,16,18,19)(H,17,20,21);1H. The zero-order valence-electron chi connectivity index (χ0n) is 13.1. The highest BCUT2D eigenvalue weighted by Crippen LogP contribution is 2.35. The fourth-order valence-corrected chi connectivity index (χ4v) is 3.60. The largest absolute Gasteiger partial charge is 0.316 e. The summed E-state index contributed by atoms with van der Waals surface area (Å²) in [5.74, 6) is 0.714. The van der Waals surface area contributed by atoms with E-state index in [-0.39, 0.29) is 22.9 Å². The monoisotopic (exact) mass is 425 g/mol. The number of pyridine rings is 1. The molecule has 2 N–H and O–H groups in total. The van der Waals surface area contributed by atoms with Crippen LogP contribution < -0.4 is 10.6 Å². The Morgan fingerprint density at radius 2 is 2.08 bits per heavy atom. The van der Waals surface area contributed by atoms with Crippen LogP contribution in [0.25, 0.3) is 10.6 Å². The lowest BCUT2D eigenvalue weighted by molar-refractivity contribution is -0.115. The Kier molecular flexibility index (Phi) is 6.41. The predicted octanol–water partition coefficient (Wildman–Crippen LogP) is 4.64. The van der Waals surface area contributed by atoms with Crippen LogP contribution in [0.2, 0.25) is 0 Å². The molecule has 0 aliphatic rings. The zero-order chi connectivity index (χ0) is 16.2. The predicted molar refractivity (Wildman–Crippen MR) is 105 cm³/mol. The van der Waals surface area contributed by atoms with E-state index in [4.69, 9.17) is 0 Å². The Morgan fingerprint density at radius 3 is 2.79 bits per heavy atom. The van der Waals surface area contributed by atoms with Crippen molar-refractivity contribution in [3.63, 3.8) is 0 Å². The van der Waals surface area contributed by atoms with Gasteiger partial charge < -0.3 is 10.6 Å². The van der Waals surface area contributed by atoms with Crippen LogP contribution in [0, 0.1) is 6.92 Å². The van der Waals surface area contributed by atoms with Crippen LogP contribution >= 0.6 is 39.7 Å². The van der Waals surface area contributed by atoms with Gasteiger partial charge in [-0.25, -0.2) is 15.0 Å². The fourth-order valence-electron chi connectivity index (χ4n) is 1.88. The first kappa shape index (κ1) is 18.5. The Hall–Kier alpha value is -1.84. The molecular formula is C15H16BrN5OS2. The second-order valence-electron chi connectivity index (χ2n) is 4.71. The van der Waals surface area contributed by atoms with Crippen molar-refractivity contribution in [3.8, 4) is 10.6 Å². The lowest BCUT2D eigenvalue weighted by Crippen LogP contribution is -2.08. The van der Waals surface area contributed by atoms with Crippen molar-refractivity contribution < 1.29 is 4.79 Å². The van der Waals surface area contributed by atoms with E-state index in [0.717, 1.165) is 27.2 Å². The van der Waals surface area contributed by atoms with Crippen molar-refractivity contribution in [2.24, 2.45) is 0 Å². The molecule has 0 aromatic carbocycles. The minimum atomic E-state index is -0.0407. The molecular weight excluding hydrogens is 410 g/mol. The third-order valence-electron chi connectivity index (χ3n) is 3.00. The Labute approximate surface area is 158 Å². The van der Waals surface area contributed by atoms with Crippen LogP contribution in [-0.4, -0.2) is 20.9 Å². The first-order chi connectivity index (χ1) is 11.2. The minimum absolute atomic E-state index is 0. The third-order valence-corrected chi connectivity index (χ3v) is 4.85. The van der Waals surface area contributed by atoms with E-state index >= 15 is 0 Å². The highest BCUT2D eigenvalue weighted by molar-refractivity contribution is 8.93. The van der Waals surface area contributed by atoms with E-state index in [2.05, 4.69) is 25.6 Å². The van der Waals surface area contributed by atoms with Crippen molar-refractivity contribution in [3.05, 3.63) is 35.5 Å². The van der Waals surface area contributed by atoms with E-state index in [1.165, 1.54) is 22.7 Å². The number of hydrogen-bond acceptors (Lipinski definition) is 7. The molecule has 126 valence electrons. The second-order valence-corrected chi connectivity index (χ2v) is 6.57. The number of aryl methyl sites for hydroxylation is 1. The van der Waals surface area contributed by atoms with Gasteiger partial charge in [0.15, 0.2) is 10.3 Å². The van der Waals surface area contributed by atoms with E-state index < -0.39 is 0 Å². The molecule has 0 radical (unpaired) electrons. The zero-order valence-corrected chi connectivity index (χ0v) is 16.4. The number of anilines is 3. The van der Waals surface area contributed by atoms with Crippen molar-refractivity contribution in [1.82, 2.24) is 15.0 Å². The molecule has 0 bridgehead atoms. The van der Waals surface area contributed by atoms with Crippen molar-refractivity contribution >= 4 is 61.6 Å². The number of hydrogen-bond donors (Lipinski definition) is 2. The molecule has 0 saturated carbocycles. The third kappa shape index (κ3) is 4.37. The number of halogens is 1. The molecule has 0 unspecified atom stereocenters. The highest BCUT2D eigenvalue weighted by atomic mass is 79.9. The summed E-state index contributed by atoms with van der Waals surface area (Å²) in [6, 6.07) is 5.67. The van der Waals surface area contributed by atoms with Gasteiger partial charge in [-0.2, -0.15) is 0 Å². The van der Waals surface area contributed by atoms with Gasteiger partial charge in [-0.05, 0) is 19.1 Å². The minimum Gasteiger partial charge on any atom is -0.316 e. The van der Waals surface area contributed by atoms with Crippen LogP contribution in [0.4, 0.5) is 16.1 Å². The molecule has 0 atom stereocenters. The molecule has 0 spiro atoms. The van der Waals surface area contributed by atoms with E-state index in [1.54, 1.807) is 6.20 Å². The summed E-state index contributed by atoms with van der Waals surface area (Å²) >= 11 is 2.94. The van der Waals surface area contributed by atoms with E-state index in [9.17, 15) is 4.79 Å². The molecule has 3 aromatic heterocycles. The van der Waals surface area contributed by atoms with Crippen LogP contribution in [0.15, 0.2) is 29.8 Å². The molecule has 0 aliphatic heterocycles. The molecule has 3 heterocycles. The van der Waals surface area contributed by atoms with Crippen molar-refractivity contribution in [2.45, 2.75) is 20.3 Å². The fraction of sp³-hybridized carbons (Fsp3) is 0.200. The normalized spacial score (nSPS) is 10.1. The van der Waals surface area contributed by atoms with Gasteiger partial charge in [0.1, 0.15) is 5.82 Å². The summed E-state index contributed by atoms with van der Waals surface area (Å²) in [7, 11) is 0. The summed E-state index contributed by atoms with van der Waals surface area (Å²) in [5.41, 5.74) is 1.71. The molecule has 0 fully saturated rings. The van der Waals surface area contributed by atoms with Crippen LogP contribution in [0.5, 0.6) is 0 Å². The number of rotatable bonds is 5. The number of carbonyl (C=O) groups excluding carboxylic acids is 1. The maximum absolute atomic E-state index is 11.5. The van der Waals surface area contributed by atoms with Gasteiger partial charge >= 0.3 is 0 Å².